The SMILES string of the molecule is COC(=O)COC(=O)c1ccc(N)cc1. The van der Waals surface area contributed by atoms with Gasteiger partial charge in [-0.3, -0.25) is 0 Å². The molecule has 1 aromatic carbocycles. The molecule has 2 N–H and O–H groups in total. The van der Waals surface area contributed by atoms with Gasteiger partial charge >= 0.3 is 11.9 Å². The average Bonchev–Trinajstić information content (AvgIpc) is 2.26. The molecule has 0 amide bonds. The fourth-order valence-corrected chi connectivity index (χ4v) is 0.886. The zero-order valence-electron chi connectivity index (χ0n) is 8.23. The van der Waals surface area contributed by atoms with Crippen molar-refractivity contribution < 1.29 is 19.1 Å². The molecule has 0 heterocycles. The number of benzene rings is 1. The minimum absolute atomic E-state index is 0.341. The van der Waals surface area contributed by atoms with Crippen LogP contribution < -0.4 is 5.73 Å². The number of carbonyl (C=O) groups is 2. The second-order valence-corrected chi connectivity index (χ2v) is 2.77. The van der Waals surface area contributed by atoms with Crippen molar-refractivity contribution in [2.45, 2.75) is 0 Å². The van der Waals surface area contributed by atoms with Gasteiger partial charge in [0.25, 0.3) is 0 Å². The number of carbonyl (C=O) groups excluding carboxylic acids is 2. The second-order valence-electron chi connectivity index (χ2n) is 2.77. The van der Waals surface area contributed by atoms with Crippen molar-refractivity contribution in [1.82, 2.24) is 0 Å². The van der Waals surface area contributed by atoms with Crippen LogP contribution in [0.2, 0.25) is 0 Å². The van der Waals surface area contributed by atoms with E-state index in [0.29, 0.717) is 11.3 Å². The van der Waals surface area contributed by atoms with Gasteiger partial charge in [0.15, 0.2) is 6.61 Å². The second kappa shape index (κ2) is 4.99. The minimum atomic E-state index is -0.598. The number of hydrogen-bond donors (Lipinski definition) is 1. The molecule has 0 aliphatic heterocycles. The smallest absolute Gasteiger partial charge is 0.344 e. The van der Waals surface area contributed by atoms with Gasteiger partial charge in [0, 0.05) is 5.69 Å². The van der Waals surface area contributed by atoms with E-state index in [0.717, 1.165) is 0 Å². The van der Waals surface area contributed by atoms with Crippen molar-refractivity contribution in [3.8, 4) is 0 Å². The van der Waals surface area contributed by atoms with Crippen LogP contribution in [0.15, 0.2) is 24.3 Å². The first-order valence-electron chi connectivity index (χ1n) is 4.23. The van der Waals surface area contributed by atoms with Crippen molar-refractivity contribution in [2.24, 2.45) is 0 Å². The molecule has 0 fully saturated rings. The van der Waals surface area contributed by atoms with Gasteiger partial charge in [-0.05, 0) is 24.3 Å². The molecule has 0 radical (unpaired) electrons. The zero-order chi connectivity index (χ0) is 11.3. The molecule has 5 nitrogen and oxygen atoms in total. The summed E-state index contributed by atoms with van der Waals surface area (Å²) in [4.78, 5) is 22.0. The van der Waals surface area contributed by atoms with E-state index in [2.05, 4.69) is 9.47 Å². The summed E-state index contributed by atoms with van der Waals surface area (Å²) in [5.41, 5.74) is 6.34. The highest BCUT2D eigenvalue weighted by atomic mass is 16.6. The highest BCUT2D eigenvalue weighted by Crippen LogP contribution is 2.06. The average molecular weight is 209 g/mol. The third-order valence-corrected chi connectivity index (χ3v) is 1.70. The van der Waals surface area contributed by atoms with E-state index < -0.39 is 11.9 Å². The predicted molar refractivity (Wildman–Crippen MR) is 53.2 cm³/mol. The van der Waals surface area contributed by atoms with Crippen LogP contribution in [0.25, 0.3) is 0 Å². The van der Waals surface area contributed by atoms with E-state index in [1.807, 2.05) is 0 Å². The lowest BCUT2D eigenvalue weighted by Gasteiger charge is -2.03. The van der Waals surface area contributed by atoms with Crippen LogP contribution >= 0.6 is 0 Å². The third-order valence-electron chi connectivity index (χ3n) is 1.70. The van der Waals surface area contributed by atoms with E-state index in [1.165, 1.54) is 19.2 Å². The first-order valence-corrected chi connectivity index (χ1v) is 4.23. The Balaban J connectivity index is 2.54. The van der Waals surface area contributed by atoms with E-state index >= 15 is 0 Å². The number of methoxy groups -OCH3 is 1. The third kappa shape index (κ3) is 3.30. The van der Waals surface area contributed by atoms with Gasteiger partial charge in [0.05, 0.1) is 12.7 Å². The molecule has 80 valence electrons. The van der Waals surface area contributed by atoms with Gasteiger partial charge in [-0.1, -0.05) is 0 Å². The van der Waals surface area contributed by atoms with Crippen molar-refractivity contribution >= 4 is 17.6 Å². The molecule has 15 heavy (non-hydrogen) atoms. The summed E-state index contributed by atoms with van der Waals surface area (Å²) in [6.07, 6.45) is 0. The number of hydrogen-bond acceptors (Lipinski definition) is 5. The van der Waals surface area contributed by atoms with Crippen molar-refractivity contribution in [3.05, 3.63) is 29.8 Å². The quantitative estimate of drug-likeness (QED) is 0.582. The number of anilines is 1. The van der Waals surface area contributed by atoms with Crippen LogP contribution in [0.5, 0.6) is 0 Å². The molecule has 0 aromatic heterocycles. The summed E-state index contributed by atoms with van der Waals surface area (Å²) in [6.45, 7) is -0.389. The largest absolute Gasteiger partial charge is 0.466 e. The molecule has 5 heteroatoms. The summed E-state index contributed by atoms with van der Waals surface area (Å²) in [7, 11) is 1.22. The molecule has 1 rings (SSSR count). The molecule has 1 aromatic rings. The lowest BCUT2D eigenvalue weighted by molar-refractivity contribution is -0.144. The Bertz CT molecular complexity index is 358. The van der Waals surface area contributed by atoms with Crippen LogP contribution in [-0.2, 0) is 14.3 Å². The molecule has 0 spiro atoms. The highest BCUT2D eigenvalue weighted by Gasteiger charge is 2.09. The monoisotopic (exact) mass is 209 g/mol. The fraction of sp³-hybridized carbons (Fsp3) is 0.200. The highest BCUT2D eigenvalue weighted by molar-refractivity contribution is 5.91. The standard InChI is InChI=1S/C10H11NO4/c1-14-9(12)6-15-10(13)7-2-4-8(11)5-3-7/h2-5H,6,11H2,1H3. The maximum atomic E-state index is 11.3. The number of ether oxygens (including phenoxy) is 2. The Morgan fingerprint density at radius 2 is 1.87 bits per heavy atom. The Hall–Kier alpha value is -2.04. The van der Waals surface area contributed by atoms with Gasteiger partial charge in [-0.15, -0.1) is 0 Å². The Morgan fingerprint density at radius 3 is 2.40 bits per heavy atom. The van der Waals surface area contributed by atoms with Crippen LogP contribution in [0.3, 0.4) is 0 Å². The molecule has 0 bridgehead atoms. The van der Waals surface area contributed by atoms with Gasteiger partial charge in [0.2, 0.25) is 0 Å². The summed E-state index contributed by atoms with van der Waals surface area (Å²) < 4.78 is 8.99. The number of nitrogens with two attached hydrogens (primary N) is 1. The lowest BCUT2D eigenvalue weighted by Crippen LogP contribution is -2.15. The molecule has 0 aliphatic carbocycles. The van der Waals surface area contributed by atoms with Crippen LogP contribution in [0.1, 0.15) is 10.4 Å². The summed E-state index contributed by atoms with van der Waals surface area (Å²) in [5, 5.41) is 0. The van der Waals surface area contributed by atoms with Gasteiger partial charge < -0.3 is 15.2 Å². The van der Waals surface area contributed by atoms with E-state index in [1.54, 1.807) is 12.1 Å². The van der Waals surface area contributed by atoms with Crippen LogP contribution in [0, 0.1) is 0 Å². The summed E-state index contributed by atoms with van der Waals surface area (Å²) in [5.74, 6) is -1.18. The Kier molecular flexibility index (Phi) is 3.68. The fourth-order valence-electron chi connectivity index (χ4n) is 0.886. The van der Waals surface area contributed by atoms with Gasteiger partial charge in [-0.2, -0.15) is 0 Å². The molecule has 0 saturated heterocycles. The summed E-state index contributed by atoms with van der Waals surface area (Å²) >= 11 is 0. The predicted octanol–water partition coefficient (Wildman–Crippen LogP) is 0.599. The van der Waals surface area contributed by atoms with Gasteiger partial charge in [0.1, 0.15) is 0 Å². The maximum absolute atomic E-state index is 11.3. The first kappa shape index (κ1) is 11.0. The normalized spacial score (nSPS) is 9.40. The number of rotatable bonds is 3. The van der Waals surface area contributed by atoms with Crippen LogP contribution in [-0.4, -0.2) is 25.7 Å². The van der Waals surface area contributed by atoms with E-state index in [9.17, 15) is 9.59 Å². The molecular formula is C10H11NO4. The number of nitrogen functional groups attached to an aromatic ring is 1. The Labute approximate surface area is 86.8 Å². The molecule has 0 atom stereocenters. The number of esters is 2. The molecule has 0 saturated carbocycles. The van der Waals surface area contributed by atoms with E-state index in [-0.39, 0.29) is 6.61 Å². The van der Waals surface area contributed by atoms with Crippen molar-refractivity contribution in [2.75, 3.05) is 19.5 Å². The molecule has 0 unspecified atom stereocenters. The molecular weight excluding hydrogens is 198 g/mol. The van der Waals surface area contributed by atoms with E-state index in [4.69, 9.17) is 5.73 Å². The van der Waals surface area contributed by atoms with Gasteiger partial charge in [-0.25, -0.2) is 9.59 Å². The lowest BCUT2D eigenvalue weighted by atomic mass is 10.2. The minimum Gasteiger partial charge on any atom is -0.466 e. The molecule has 0 aliphatic rings. The van der Waals surface area contributed by atoms with Crippen molar-refractivity contribution in [1.29, 1.82) is 0 Å². The Morgan fingerprint density at radius 1 is 1.27 bits per heavy atom. The maximum Gasteiger partial charge on any atom is 0.344 e. The van der Waals surface area contributed by atoms with Crippen LogP contribution in [0.4, 0.5) is 5.69 Å². The van der Waals surface area contributed by atoms with Crippen molar-refractivity contribution in [3.63, 3.8) is 0 Å². The topological polar surface area (TPSA) is 78.6 Å². The first-order chi connectivity index (χ1) is 7.13. The zero-order valence-corrected chi connectivity index (χ0v) is 8.23. The summed E-state index contributed by atoms with van der Waals surface area (Å²) in [6, 6.07) is 6.20.